The van der Waals surface area contributed by atoms with Gasteiger partial charge >= 0.3 is 0 Å². The maximum absolute atomic E-state index is 12.2. The maximum atomic E-state index is 12.2. The number of ether oxygens (including phenoxy) is 3. The molecule has 0 heterocycles. The maximum Gasteiger partial charge on any atom is 0.251 e. The molecular formula is C18H20ClNO4. The molecule has 1 N–H and O–H groups in total. The van der Waals surface area contributed by atoms with Crippen LogP contribution in [0.3, 0.4) is 0 Å². The summed E-state index contributed by atoms with van der Waals surface area (Å²) in [5.74, 6) is 1.79. The normalized spacial score (nSPS) is 11.5. The Bertz CT molecular complexity index is 688. The van der Waals surface area contributed by atoms with Crippen molar-refractivity contribution in [1.82, 2.24) is 5.32 Å². The quantitative estimate of drug-likeness (QED) is 0.830. The van der Waals surface area contributed by atoms with Crippen molar-refractivity contribution < 1.29 is 19.0 Å². The molecule has 2 aromatic carbocycles. The van der Waals surface area contributed by atoms with Gasteiger partial charge in [-0.25, -0.2) is 0 Å². The Morgan fingerprint density at radius 3 is 2.33 bits per heavy atom. The Kier molecular flexibility index (Phi) is 6.32. The van der Waals surface area contributed by atoms with Crippen LogP contribution in [0.4, 0.5) is 0 Å². The zero-order valence-corrected chi connectivity index (χ0v) is 14.6. The molecule has 2 aromatic rings. The predicted octanol–water partition coefficient (Wildman–Crippen LogP) is 3.55. The molecule has 0 fully saturated rings. The lowest BCUT2D eigenvalue weighted by molar-refractivity contribution is 0.0926. The summed E-state index contributed by atoms with van der Waals surface area (Å²) in [6.07, 6.45) is 0. The summed E-state index contributed by atoms with van der Waals surface area (Å²) in [5, 5.41) is 3.26. The van der Waals surface area contributed by atoms with Gasteiger partial charge in [-0.3, -0.25) is 4.79 Å². The number of methoxy groups -OCH3 is 2. The van der Waals surface area contributed by atoms with Crippen molar-refractivity contribution in [2.24, 2.45) is 0 Å². The molecule has 0 radical (unpaired) electrons. The Labute approximate surface area is 146 Å². The van der Waals surface area contributed by atoms with Crippen LogP contribution in [0.15, 0.2) is 42.5 Å². The van der Waals surface area contributed by atoms with Gasteiger partial charge in [0.05, 0.1) is 25.3 Å². The molecule has 128 valence electrons. The van der Waals surface area contributed by atoms with Crippen molar-refractivity contribution in [1.29, 1.82) is 0 Å². The number of carbonyl (C=O) groups is 1. The molecule has 0 aromatic heterocycles. The van der Waals surface area contributed by atoms with Crippen molar-refractivity contribution in [2.45, 2.75) is 13.0 Å². The standard InChI is InChI=1S/C18H20ClNO4/c1-12(11-24-15-7-5-14(22-2)6-8-15)20-18(21)13-4-9-17(23-3)16(19)10-13/h4-10,12H,11H2,1-3H3,(H,20,21)/t12-/m1/s1. The fourth-order valence-electron chi connectivity index (χ4n) is 2.05. The highest BCUT2D eigenvalue weighted by molar-refractivity contribution is 6.32. The number of benzene rings is 2. The van der Waals surface area contributed by atoms with Gasteiger partial charge in [0.25, 0.3) is 5.91 Å². The van der Waals surface area contributed by atoms with Gasteiger partial charge in [0.1, 0.15) is 23.9 Å². The van der Waals surface area contributed by atoms with Crippen LogP contribution in [0.25, 0.3) is 0 Å². The zero-order valence-electron chi connectivity index (χ0n) is 13.8. The number of amides is 1. The van der Waals surface area contributed by atoms with Crippen LogP contribution in [0.1, 0.15) is 17.3 Å². The summed E-state index contributed by atoms with van der Waals surface area (Å²) in [7, 11) is 3.14. The van der Waals surface area contributed by atoms with Crippen molar-refractivity contribution in [3.05, 3.63) is 53.1 Å². The molecule has 0 spiro atoms. The molecule has 2 rings (SSSR count). The van der Waals surface area contributed by atoms with E-state index in [0.717, 1.165) is 5.75 Å². The van der Waals surface area contributed by atoms with E-state index >= 15 is 0 Å². The minimum absolute atomic E-state index is 0.166. The second-order valence-electron chi connectivity index (χ2n) is 5.21. The first-order valence-electron chi connectivity index (χ1n) is 7.44. The van der Waals surface area contributed by atoms with Crippen LogP contribution in [0.5, 0.6) is 17.2 Å². The fourth-order valence-corrected chi connectivity index (χ4v) is 2.31. The SMILES string of the molecule is COc1ccc(OC[C@@H](C)NC(=O)c2ccc(OC)c(Cl)c2)cc1. The second kappa shape index (κ2) is 8.45. The summed E-state index contributed by atoms with van der Waals surface area (Å²) in [5.41, 5.74) is 0.470. The highest BCUT2D eigenvalue weighted by Gasteiger charge is 2.12. The summed E-state index contributed by atoms with van der Waals surface area (Å²) in [4.78, 5) is 12.2. The summed E-state index contributed by atoms with van der Waals surface area (Å²) in [6.45, 7) is 2.22. The van der Waals surface area contributed by atoms with E-state index in [0.29, 0.717) is 28.7 Å². The average molecular weight is 350 g/mol. The topological polar surface area (TPSA) is 56.8 Å². The van der Waals surface area contributed by atoms with E-state index in [1.54, 1.807) is 25.3 Å². The van der Waals surface area contributed by atoms with Crippen LogP contribution in [0, 0.1) is 0 Å². The molecule has 0 saturated carbocycles. The van der Waals surface area contributed by atoms with Crippen LogP contribution >= 0.6 is 11.6 Å². The van der Waals surface area contributed by atoms with E-state index in [1.165, 1.54) is 7.11 Å². The Morgan fingerprint density at radius 2 is 1.75 bits per heavy atom. The molecule has 0 unspecified atom stereocenters. The Morgan fingerprint density at radius 1 is 1.08 bits per heavy atom. The lowest BCUT2D eigenvalue weighted by Crippen LogP contribution is -2.36. The van der Waals surface area contributed by atoms with E-state index in [9.17, 15) is 4.79 Å². The summed E-state index contributed by atoms with van der Waals surface area (Å²) in [6, 6.07) is 12.0. The zero-order chi connectivity index (χ0) is 17.5. The fraction of sp³-hybridized carbons (Fsp3) is 0.278. The third kappa shape index (κ3) is 4.80. The molecule has 0 bridgehead atoms. The lowest BCUT2D eigenvalue weighted by atomic mass is 10.2. The van der Waals surface area contributed by atoms with Crippen LogP contribution in [0.2, 0.25) is 5.02 Å². The third-order valence-corrected chi connectivity index (χ3v) is 3.65. The van der Waals surface area contributed by atoms with Gasteiger partial charge in [0.15, 0.2) is 0 Å². The van der Waals surface area contributed by atoms with Crippen molar-refractivity contribution in [2.75, 3.05) is 20.8 Å². The van der Waals surface area contributed by atoms with Crippen molar-refractivity contribution >= 4 is 17.5 Å². The van der Waals surface area contributed by atoms with Gasteiger partial charge in [0, 0.05) is 5.56 Å². The lowest BCUT2D eigenvalue weighted by Gasteiger charge is -2.15. The molecule has 0 aliphatic carbocycles. The molecule has 0 saturated heterocycles. The van der Waals surface area contributed by atoms with Gasteiger partial charge in [-0.05, 0) is 49.4 Å². The van der Waals surface area contributed by atoms with E-state index in [2.05, 4.69) is 5.32 Å². The monoisotopic (exact) mass is 349 g/mol. The first-order valence-corrected chi connectivity index (χ1v) is 7.82. The number of rotatable bonds is 7. The number of hydrogen-bond donors (Lipinski definition) is 1. The number of hydrogen-bond acceptors (Lipinski definition) is 4. The van der Waals surface area contributed by atoms with Gasteiger partial charge in [0.2, 0.25) is 0 Å². The van der Waals surface area contributed by atoms with E-state index in [4.69, 9.17) is 25.8 Å². The molecule has 0 aliphatic rings. The largest absolute Gasteiger partial charge is 0.497 e. The molecule has 0 aliphatic heterocycles. The van der Waals surface area contributed by atoms with E-state index < -0.39 is 0 Å². The Balaban J connectivity index is 1.87. The smallest absolute Gasteiger partial charge is 0.251 e. The van der Waals surface area contributed by atoms with Crippen molar-refractivity contribution in [3.8, 4) is 17.2 Å². The van der Waals surface area contributed by atoms with Crippen LogP contribution in [-0.4, -0.2) is 32.8 Å². The molecule has 24 heavy (non-hydrogen) atoms. The van der Waals surface area contributed by atoms with E-state index in [1.807, 2.05) is 31.2 Å². The Hall–Kier alpha value is -2.40. The molecule has 5 nitrogen and oxygen atoms in total. The summed E-state index contributed by atoms with van der Waals surface area (Å²) < 4.78 is 15.8. The number of carbonyl (C=O) groups excluding carboxylic acids is 1. The van der Waals surface area contributed by atoms with Gasteiger partial charge in [-0.15, -0.1) is 0 Å². The van der Waals surface area contributed by atoms with Gasteiger partial charge in [-0.1, -0.05) is 11.6 Å². The first-order chi connectivity index (χ1) is 11.5. The minimum Gasteiger partial charge on any atom is -0.497 e. The molecule has 1 amide bonds. The van der Waals surface area contributed by atoms with Gasteiger partial charge < -0.3 is 19.5 Å². The molecule has 6 heteroatoms. The predicted molar refractivity (Wildman–Crippen MR) is 93.4 cm³/mol. The van der Waals surface area contributed by atoms with E-state index in [-0.39, 0.29) is 11.9 Å². The second-order valence-corrected chi connectivity index (χ2v) is 5.62. The first kappa shape index (κ1) is 17.9. The number of nitrogens with one attached hydrogen (secondary N) is 1. The van der Waals surface area contributed by atoms with Crippen LogP contribution in [-0.2, 0) is 0 Å². The third-order valence-electron chi connectivity index (χ3n) is 3.35. The number of halogens is 1. The summed E-state index contributed by atoms with van der Waals surface area (Å²) >= 11 is 6.04. The highest BCUT2D eigenvalue weighted by Crippen LogP contribution is 2.24. The average Bonchev–Trinajstić information content (AvgIpc) is 2.60. The minimum atomic E-state index is -0.217. The van der Waals surface area contributed by atoms with Crippen molar-refractivity contribution in [3.63, 3.8) is 0 Å². The van der Waals surface area contributed by atoms with Gasteiger partial charge in [-0.2, -0.15) is 0 Å². The molecule has 1 atom stereocenters. The molecular weight excluding hydrogens is 330 g/mol. The van der Waals surface area contributed by atoms with Crippen LogP contribution < -0.4 is 19.5 Å². The highest BCUT2D eigenvalue weighted by atomic mass is 35.5.